The number of carbonyl (C=O) groups excluding carboxylic acids is 1. The Morgan fingerprint density at radius 1 is 1.30 bits per heavy atom. The number of rotatable bonds is 4. The van der Waals surface area contributed by atoms with Crippen LogP contribution in [0.4, 0.5) is 0 Å². The molecule has 1 amide bonds. The van der Waals surface area contributed by atoms with Gasteiger partial charge in [-0.3, -0.25) is 4.79 Å². The predicted molar refractivity (Wildman–Crippen MR) is 77.6 cm³/mol. The zero-order chi connectivity index (χ0) is 13.9. The summed E-state index contributed by atoms with van der Waals surface area (Å²) in [6.45, 7) is 1.94. The van der Waals surface area contributed by atoms with Crippen LogP contribution in [0.5, 0.6) is 5.75 Å². The fourth-order valence-corrected chi connectivity index (χ4v) is 3.43. The van der Waals surface area contributed by atoms with Gasteiger partial charge in [0, 0.05) is 12.1 Å². The molecule has 1 aromatic carbocycles. The highest BCUT2D eigenvalue weighted by Gasteiger charge is 2.31. The average Bonchev–Trinajstić information content (AvgIpc) is 3.11. The zero-order valence-electron chi connectivity index (χ0n) is 11.7. The van der Waals surface area contributed by atoms with Gasteiger partial charge in [-0.25, -0.2) is 0 Å². The van der Waals surface area contributed by atoms with Crippen molar-refractivity contribution < 1.29 is 9.53 Å². The van der Waals surface area contributed by atoms with Crippen LogP contribution in [-0.4, -0.2) is 25.6 Å². The molecule has 3 unspecified atom stereocenters. The van der Waals surface area contributed by atoms with Crippen LogP contribution in [0.25, 0.3) is 0 Å². The van der Waals surface area contributed by atoms with Crippen molar-refractivity contribution in [2.24, 2.45) is 17.6 Å². The van der Waals surface area contributed by atoms with Crippen LogP contribution in [-0.2, 0) is 4.79 Å². The number of para-hydroxylation sites is 1. The van der Waals surface area contributed by atoms with E-state index < -0.39 is 0 Å². The van der Waals surface area contributed by atoms with Crippen molar-refractivity contribution in [2.45, 2.75) is 25.2 Å². The number of carbonyl (C=O) groups is 1. The van der Waals surface area contributed by atoms with Gasteiger partial charge in [-0.2, -0.15) is 0 Å². The number of amides is 1. The molecule has 0 saturated heterocycles. The molecule has 3 rings (SSSR count). The van der Waals surface area contributed by atoms with Crippen molar-refractivity contribution in [1.82, 2.24) is 5.32 Å². The van der Waals surface area contributed by atoms with Crippen molar-refractivity contribution >= 4 is 5.91 Å². The zero-order valence-corrected chi connectivity index (χ0v) is 11.7. The molecule has 3 atom stereocenters. The summed E-state index contributed by atoms with van der Waals surface area (Å²) in [5.74, 6) is 1.87. The third-order valence-electron chi connectivity index (χ3n) is 4.67. The molecule has 1 saturated carbocycles. The Morgan fingerprint density at radius 3 is 2.95 bits per heavy atom. The summed E-state index contributed by atoms with van der Waals surface area (Å²) in [5.41, 5.74) is 6.79. The normalized spacial score (nSPS) is 27.9. The number of nitrogens with one attached hydrogen (secondary N) is 1. The molecule has 0 spiro atoms. The summed E-state index contributed by atoms with van der Waals surface area (Å²) >= 11 is 0. The fourth-order valence-electron chi connectivity index (χ4n) is 3.43. The second-order valence-electron chi connectivity index (χ2n) is 5.83. The Bertz CT molecular complexity index is 489. The molecule has 1 heterocycles. The van der Waals surface area contributed by atoms with Gasteiger partial charge in [0.05, 0.1) is 0 Å². The van der Waals surface area contributed by atoms with Gasteiger partial charge in [0.25, 0.3) is 0 Å². The molecule has 0 bridgehead atoms. The molecule has 0 radical (unpaired) electrons. The van der Waals surface area contributed by atoms with Crippen molar-refractivity contribution in [1.29, 1.82) is 0 Å². The van der Waals surface area contributed by atoms with E-state index in [4.69, 9.17) is 10.5 Å². The van der Waals surface area contributed by atoms with Gasteiger partial charge >= 0.3 is 0 Å². The van der Waals surface area contributed by atoms with Gasteiger partial charge in [0.1, 0.15) is 18.3 Å². The Hall–Kier alpha value is -1.55. The van der Waals surface area contributed by atoms with Crippen LogP contribution in [0, 0.1) is 11.8 Å². The molecular formula is C16H22N2O2. The van der Waals surface area contributed by atoms with Gasteiger partial charge in [-0.15, -0.1) is 0 Å². The first-order valence-electron chi connectivity index (χ1n) is 7.49. The lowest BCUT2D eigenvalue weighted by Crippen LogP contribution is -2.36. The SMILES string of the molecule is NCC1CCCC1CNC(=O)C1COc2ccccc21. The number of hydrogen-bond acceptors (Lipinski definition) is 3. The van der Waals surface area contributed by atoms with E-state index in [0.717, 1.165) is 24.4 Å². The van der Waals surface area contributed by atoms with E-state index in [1.54, 1.807) is 0 Å². The van der Waals surface area contributed by atoms with Crippen LogP contribution in [0.3, 0.4) is 0 Å². The standard InChI is InChI=1S/C16H22N2O2/c17-8-11-4-3-5-12(11)9-18-16(19)14-10-20-15-7-2-1-6-13(14)15/h1-2,6-7,11-12,14H,3-5,8-10,17H2,(H,18,19). The summed E-state index contributed by atoms with van der Waals surface area (Å²) < 4.78 is 5.57. The molecule has 0 aromatic heterocycles. The Kier molecular flexibility index (Phi) is 3.92. The predicted octanol–water partition coefficient (Wildman–Crippen LogP) is 1.65. The van der Waals surface area contributed by atoms with Gasteiger partial charge in [0.15, 0.2) is 0 Å². The fraction of sp³-hybridized carbons (Fsp3) is 0.562. The van der Waals surface area contributed by atoms with E-state index in [1.807, 2.05) is 24.3 Å². The maximum atomic E-state index is 12.3. The number of hydrogen-bond donors (Lipinski definition) is 2. The van der Waals surface area contributed by atoms with Crippen LogP contribution >= 0.6 is 0 Å². The van der Waals surface area contributed by atoms with E-state index >= 15 is 0 Å². The Balaban J connectivity index is 1.58. The highest BCUT2D eigenvalue weighted by molar-refractivity contribution is 5.85. The van der Waals surface area contributed by atoms with Crippen LogP contribution in [0.15, 0.2) is 24.3 Å². The maximum absolute atomic E-state index is 12.3. The highest BCUT2D eigenvalue weighted by Crippen LogP contribution is 2.34. The van der Waals surface area contributed by atoms with E-state index in [1.165, 1.54) is 19.3 Å². The largest absolute Gasteiger partial charge is 0.492 e. The Morgan fingerprint density at radius 2 is 2.10 bits per heavy atom. The molecule has 1 fully saturated rings. The molecule has 1 aliphatic carbocycles. The minimum absolute atomic E-state index is 0.0811. The second kappa shape index (κ2) is 5.83. The van der Waals surface area contributed by atoms with Crippen molar-refractivity contribution in [3.63, 3.8) is 0 Å². The lowest BCUT2D eigenvalue weighted by Gasteiger charge is -2.19. The summed E-state index contributed by atoms with van der Waals surface area (Å²) in [5, 5.41) is 3.10. The smallest absolute Gasteiger partial charge is 0.231 e. The summed E-state index contributed by atoms with van der Waals surface area (Å²) in [6.07, 6.45) is 3.62. The van der Waals surface area contributed by atoms with Gasteiger partial charge in [-0.1, -0.05) is 24.6 Å². The molecule has 108 valence electrons. The third kappa shape index (κ3) is 2.52. The topological polar surface area (TPSA) is 64.3 Å². The first kappa shape index (κ1) is 13.4. The molecule has 4 nitrogen and oxygen atoms in total. The quantitative estimate of drug-likeness (QED) is 0.877. The van der Waals surface area contributed by atoms with Gasteiger partial charge < -0.3 is 15.8 Å². The molecule has 3 N–H and O–H groups in total. The number of benzene rings is 1. The molecular weight excluding hydrogens is 252 g/mol. The van der Waals surface area contributed by atoms with Gasteiger partial charge in [0.2, 0.25) is 5.91 Å². The number of nitrogens with two attached hydrogens (primary N) is 1. The molecule has 1 aromatic rings. The van der Waals surface area contributed by atoms with Gasteiger partial charge in [-0.05, 0) is 37.3 Å². The van der Waals surface area contributed by atoms with Crippen molar-refractivity contribution in [3.8, 4) is 5.75 Å². The highest BCUT2D eigenvalue weighted by atomic mass is 16.5. The lowest BCUT2D eigenvalue weighted by atomic mass is 9.95. The van der Waals surface area contributed by atoms with E-state index in [-0.39, 0.29) is 11.8 Å². The first-order chi connectivity index (χ1) is 9.79. The first-order valence-corrected chi connectivity index (χ1v) is 7.49. The van der Waals surface area contributed by atoms with Crippen LogP contribution in [0.1, 0.15) is 30.7 Å². The van der Waals surface area contributed by atoms with E-state index in [0.29, 0.717) is 18.4 Å². The second-order valence-corrected chi connectivity index (χ2v) is 5.83. The maximum Gasteiger partial charge on any atom is 0.231 e. The Labute approximate surface area is 119 Å². The average molecular weight is 274 g/mol. The van der Waals surface area contributed by atoms with Crippen LogP contribution in [0.2, 0.25) is 0 Å². The van der Waals surface area contributed by atoms with Crippen molar-refractivity contribution in [2.75, 3.05) is 19.7 Å². The lowest BCUT2D eigenvalue weighted by molar-refractivity contribution is -0.123. The van der Waals surface area contributed by atoms with Crippen molar-refractivity contribution in [3.05, 3.63) is 29.8 Å². The third-order valence-corrected chi connectivity index (χ3v) is 4.67. The summed E-state index contributed by atoms with van der Waals surface area (Å²) in [6, 6.07) is 7.79. The van der Waals surface area contributed by atoms with E-state index in [2.05, 4.69) is 5.32 Å². The number of fused-ring (bicyclic) bond motifs is 1. The molecule has 4 heteroatoms. The number of ether oxygens (including phenoxy) is 1. The monoisotopic (exact) mass is 274 g/mol. The minimum Gasteiger partial charge on any atom is -0.492 e. The van der Waals surface area contributed by atoms with E-state index in [9.17, 15) is 4.79 Å². The summed E-state index contributed by atoms with van der Waals surface area (Å²) in [4.78, 5) is 12.3. The van der Waals surface area contributed by atoms with Crippen LogP contribution < -0.4 is 15.8 Å². The molecule has 1 aliphatic heterocycles. The molecule has 20 heavy (non-hydrogen) atoms. The minimum atomic E-state index is -0.163. The molecule has 2 aliphatic rings. The summed E-state index contributed by atoms with van der Waals surface area (Å²) in [7, 11) is 0.